The SMILES string of the molecule is O=C(NCc1ccccc1)C1CSC(c2ccc(F)cc2)N1C(=O)c1ccccc1Cl. The molecule has 4 nitrogen and oxygen atoms in total. The molecule has 4 rings (SSSR count). The normalized spacial score (nSPS) is 18.1. The Labute approximate surface area is 189 Å². The highest BCUT2D eigenvalue weighted by Gasteiger charge is 2.42. The maximum atomic E-state index is 13.5. The Morgan fingerprint density at radius 3 is 2.39 bits per heavy atom. The average Bonchev–Trinajstić information content (AvgIpc) is 3.24. The highest BCUT2D eigenvalue weighted by atomic mass is 35.5. The van der Waals surface area contributed by atoms with E-state index in [0.717, 1.165) is 11.1 Å². The van der Waals surface area contributed by atoms with Crippen molar-refractivity contribution in [1.82, 2.24) is 10.2 Å². The van der Waals surface area contributed by atoms with Crippen LogP contribution in [0.4, 0.5) is 4.39 Å². The molecule has 1 saturated heterocycles. The van der Waals surface area contributed by atoms with E-state index in [1.165, 1.54) is 23.9 Å². The maximum Gasteiger partial charge on any atom is 0.257 e. The molecule has 3 aromatic rings. The van der Waals surface area contributed by atoms with Crippen LogP contribution in [0.5, 0.6) is 0 Å². The summed E-state index contributed by atoms with van der Waals surface area (Å²) in [7, 11) is 0. The second kappa shape index (κ2) is 9.54. The third kappa shape index (κ3) is 4.75. The van der Waals surface area contributed by atoms with Gasteiger partial charge in [0.15, 0.2) is 0 Å². The smallest absolute Gasteiger partial charge is 0.257 e. The summed E-state index contributed by atoms with van der Waals surface area (Å²) in [4.78, 5) is 28.1. The highest BCUT2D eigenvalue weighted by Crippen LogP contribution is 2.42. The van der Waals surface area contributed by atoms with Gasteiger partial charge in [0.25, 0.3) is 5.91 Å². The van der Waals surface area contributed by atoms with Crippen LogP contribution < -0.4 is 5.32 Å². The van der Waals surface area contributed by atoms with Crippen LogP contribution in [0.1, 0.15) is 26.9 Å². The Hall–Kier alpha value is -2.83. The fourth-order valence-corrected chi connectivity index (χ4v) is 5.16. The molecule has 158 valence electrons. The van der Waals surface area contributed by atoms with Crippen LogP contribution >= 0.6 is 23.4 Å². The maximum absolute atomic E-state index is 13.5. The van der Waals surface area contributed by atoms with Crippen LogP contribution in [0.3, 0.4) is 0 Å². The minimum Gasteiger partial charge on any atom is -0.350 e. The van der Waals surface area contributed by atoms with E-state index in [2.05, 4.69) is 5.32 Å². The first-order chi connectivity index (χ1) is 15.0. The molecular formula is C24H20ClFN2O2S. The van der Waals surface area contributed by atoms with Crippen molar-refractivity contribution in [2.75, 3.05) is 5.75 Å². The Bertz CT molecular complexity index is 1080. The summed E-state index contributed by atoms with van der Waals surface area (Å²) in [6, 6.07) is 21.7. The lowest BCUT2D eigenvalue weighted by molar-refractivity contribution is -0.125. The monoisotopic (exact) mass is 454 g/mol. The number of benzene rings is 3. The molecule has 31 heavy (non-hydrogen) atoms. The first kappa shape index (κ1) is 21.4. The van der Waals surface area contributed by atoms with Gasteiger partial charge in [-0.1, -0.05) is 66.2 Å². The lowest BCUT2D eigenvalue weighted by atomic mass is 10.1. The van der Waals surface area contributed by atoms with Crippen LogP contribution in [0.2, 0.25) is 5.02 Å². The number of hydrogen-bond acceptors (Lipinski definition) is 3. The standard InChI is InChI=1S/C24H20ClFN2O2S/c25-20-9-5-4-8-19(20)23(30)28-21(22(29)27-14-16-6-2-1-3-7-16)15-31-24(28)17-10-12-18(26)13-11-17/h1-13,21,24H,14-15H2,(H,27,29). The number of carbonyl (C=O) groups excluding carboxylic acids is 2. The predicted molar refractivity (Wildman–Crippen MR) is 121 cm³/mol. The number of rotatable bonds is 5. The van der Waals surface area contributed by atoms with Crippen LogP contribution in [0, 0.1) is 5.82 Å². The molecule has 1 aliphatic rings. The molecule has 0 aliphatic carbocycles. The van der Waals surface area contributed by atoms with E-state index >= 15 is 0 Å². The zero-order valence-corrected chi connectivity index (χ0v) is 18.1. The van der Waals surface area contributed by atoms with Crippen LogP contribution in [0.25, 0.3) is 0 Å². The molecular weight excluding hydrogens is 435 g/mol. The van der Waals surface area contributed by atoms with Gasteiger partial charge in [-0.2, -0.15) is 0 Å². The zero-order chi connectivity index (χ0) is 21.8. The van der Waals surface area contributed by atoms with Gasteiger partial charge < -0.3 is 10.2 Å². The quantitative estimate of drug-likeness (QED) is 0.586. The average molecular weight is 455 g/mol. The van der Waals surface area contributed by atoms with E-state index < -0.39 is 11.4 Å². The van der Waals surface area contributed by atoms with Gasteiger partial charge in [0.1, 0.15) is 17.2 Å². The Morgan fingerprint density at radius 1 is 1.00 bits per heavy atom. The minimum absolute atomic E-state index is 0.235. The minimum atomic E-state index is -0.674. The van der Waals surface area contributed by atoms with Gasteiger partial charge in [-0.05, 0) is 35.4 Å². The number of thioether (sulfide) groups is 1. The third-order valence-corrected chi connectivity index (χ3v) is 6.76. The van der Waals surface area contributed by atoms with Crippen molar-refractivity contribution in [1.29, 1.82) is 0 Å². The summed E-state index contributed by atoms with van der Waals surface area (Å²) < 4.78 is 13.4. The third-order valence-electron chi connectivity index (χ3n) is 5.11. The van der Waals surface area contributed by atoms with Crippen molar-refractivity contribution in [3.05, 3.63) is 106 Å². The molecule has 0 saturated carbocycles. The van der Waals surface area contributed by atoms with Crippen LogP contribution in [0.15, 0.2) is 78.9 Å². The molecule has 1 aliphatic heterocycles. The lowest BCUT2D eigenvalue weighted by Gasteiger charge is -2.29. The molecule has 2 atom stereocenters. The molecule has 1 fully saturated rings. The molecule has 0 spiro atoms. The van der Waals surface area contributed by atoms with E-state index in [1.54, 1.807) is 41.3 Å². The summed E-state index contributed by atoms with van der Waals surface area (Å²) in [6.45, 7) is 0.371. The number of nitrogens with zero attached hydrogens (tertiary/aromatic N) is 1. The van der Waals surface area contributed by atoms with E-state index in [9.17, 15) is 14.0 Å². The number of carbonyl (C=O) groups is 2. The Balaban J connectivity index is 1.62. The van der Waals surface area contributed by atoms with E-state index in [0.29, 0.717) is 22.9 Å². The molecule has 0 radical (unpaired) electrons. The molecule has 0 aromatic heterocycles. The van der Waals surface area contributed by atoms with E-state index in [1.807, 2.05) is 30.3 Å². The second-order valence-corrected chi connectivity index (χ2v) is 8.67. The number of nitrogens with one attached hydrogen (secondary N) is 1. The number of amides is 2. The summed E-state index contributed by atoms with van der Waals surface area (Å²) in [5, 5.41) is 2.84. The first-order valence-corrected chi connectivity index (χ1v) is 11.2. The van der Waals surface area contributed by atoms with Crippen molar-refractivity contribution in [3.8, 4) is 0 Å². The van der Waals surface area contributed by atoms with Crippen molar-refractivity contribution in [3.63, 3.8) is 0 Å². The molecule has 0 bridgehead atoms. The lowest BCUT2D eigenvalue weighted by Crippen LogP contribution is -2.47. The van der Waals surface area contributed by atoms with Gasteiger partial charge in [-0.25, -0.2) is 4.39 Å². The summed E-state index contributed by atoms with van der Waals surface area (Å²) >= 11 is 7.75. The number of halogens is 2. The van der Waals surface area contributed by atoms with Gasteiger partial charge in [0, 0.05) is 12.3 Å². The van der Waals surface area contributed by atoms with E-state index in [-0.39, 0.29) is 17.6 Å². The Morgan fingerprint density at radius 2 is 1.68 bits per heavy atom. The van der Waals surface area contributed by atoms with Crippen molar-refractivity contribution < 1.29 is 14.0 Å². The highest BCUT2D eigenvalue weighted by molar-refractivity contribution is 7.99. The molecule has 2 amide bonds. The molecule has 1 N–H and O–H groups in total. The molecule has 7 heteroatoms. The van der Waals surface area contributed by atoms with Crippen LogP contribution in [-0.2, 0) is 11.3 Å². The second-order valence-electron chi connectivity index (χ2n) is 7.15. The van der Waals surface area contributed by atoms with Gasteiger partial charge in [-0.3, -0.25) is 9.59 Å². The van der Waals surface area contributed by atoms with Crippen LogP contribution in [-0.4, -0.2) is 28.5 Å². The molecule has 3 aromatic carbocycles. The van der Waals surface area contributed by atoms with Gasteiger partial charge in [-0.15, -0.1) is 11.8 Å². The Kier molecular flexibility index (Phi) is 6.59. The summed E-state index contributed by atoms with van der Waals surface area (Å²) in [5.74, 6) is -0.488. The fraction of sp³-hybridized carbons (Fsp3) is 0.167. The topological polar surface area (TPSA) is 49.4 Å². The largest absolute Gasteiger partial charge is 0.350 e. The van der Waals surface area contributed by atoms with E-state index in [4.69, 9.17) is 11.6 Å². The van der Waals surface area contributed by atoms with Crippen molar-refractivity contribution in [2.24, 2.45) is 0 Å². The first-order valence-electron chi connectivity index (χ1n) is 9.80. The van der Waals surface area contributed by atoms with Crippen molar-refractivity contribution >= 4 is 35.2 Å². The van der Waals surface area contributed by atoms with Crippen molar-refractivity contribution in [2.45, 2.75) is 18.0 Å². The molecule has 2 unspecified atom stereocenters. The number of hydrogen-bond donors (Lipinski definition) is 1. The van der Waals surface area contributed by atoms with Gasteiger partial charge >= 0.3 is 0 Å². The zero-order valence-electron chi connectivity index (χ0n) is 16.5. The predicted octanol–water partition coefficient (Wildman–Crippen LogP) is 5.05. The van der Waals surface area contributed by atoms with Gasteiger partial charge in [0.2, 0.25) is 5.91 Å². The molecule has 1 heterocycles. The van der Waals surface area contributed by atoms with Gasteiger partial charge in [0.05, 0.1) is 10.6 Å². The summed E-state index contributed by atoms with van der Waals surface area (Å²) in [5.41, 5.74) is 2.06. The fourth-order valence-electron chi connectivity index (χ4n) is 3.52. The summed E-state index contributed by atoms with van der Waals surface area (Å²) in [6.07, 6.45) is 0.